The predicted molar refractivity (Wildman–Crippen MR) is 60.5 cm³/mol. The van der Waals surface area contributed by atoms with Crippen molar-refractivity contribution in [2.75, 3.05) is 0 Å². The summed E-state index contributed by atoms with van der Waals surface area (Å²) in [5, 5.41) is 7.79. The van der Waals surface area contributed by atoms with Gasteiger partial charge in [0, 0.05) is 12.6 Å². The number of nitrogens with zero attached hydrogens (tertiary/aromatic N) is 3. The van der Waals surface area contributed by atoms with Gasteiger partial charge in [-0.2, -0.15) is 0 Å². The molecule has 0 unspecified atom stereocenters. The van der Waals surface area contributed by atoms with Crippen LogP contribution in [0.4, 0.5) is 0 Å². The van der Waals surface area contributed by atoms with E-state index < -0.39 is 0 Å². The van der Waals surface area contributed by atoms with Crippen molar-refractivity contribution in [1.29, 1.82) is 0 Å². The minimum atomic E-state index is 0.573. The molecule has 2 aromatic rings. The number of aryl methyl sites for hydroxylation is 1. The summed E-state index contributed by atoms with van der Waals surface area (Å²) in [6.45, 7) is 4.39. The highest BCUT2D eigenvalue weighted by molar-refractivity contribution is 5.58. The van der Waals surface area contributed by atoms with Gasteiger partial charge >= 0.3 is 0 Å². The van der Waals surface area contributed by atoms with Gasteiger partial charge in [0.05, 0.1) is 11.9 Å². The van der Waals surface area contributed by atoms with E-state index in [1.165, 1.54) is 5.56 Å². The second-order valence-corrected chi connectivity index (χ2v) is 4.02. The van der Waals surface area contributed by atoms with Gasteiger partial charge in [-0.15, -0.1) is 5.10 Å². The molecule has 0 saturated carbocycles. The monoisotopic (exact) mass is 201 g/mol. The molecule has 0 aliphatic rings. The van der Waals surface area contributed by atoms with Crippen LogP contribution in [0.3, 0.4) is 0 Å². The van der Waals surface area contributed by atoms with Gasteiger partial charge in [-0.25, -0.2) is 4.68 Å². The molecule has 0 aliphatic heterocycles. The summed E-state index contributed by atoms with van der Waals surface area (Å²) >= 11 is 0. The molecule has 1 aromatic carbocycles. The molecule has 3 nitrogen and oxygen atoms in total. The molecule has 0 aliphatic carbocycles. The third kappa shape index (κ3) is 1.91. The first-order valence-corrected chi connectivity index (χ1v) is 5.13. The van der Waals surface area contributed by atoms with Crippen molar-refractivity contribution in [3.05, 3.63) is 36.0 Å². The molecule has 0 spiro atoms. The third-order valence-corrected chi connectivity index (χ3v) is 2.59. The summed E-state index contributed by atoms with van der Waals surface area (Å²) in [6, 6.07) is 8.56. The third-order valence-electron chi connectivity index (χ3n) is 2.59. The van der Waals surface area contributed by atoms with Gasteiger partial charge in [0.2, 0.25) is 0 Å². The summed E-state index contributed by atoms with van der Waals surface area (Å²) in [4.78, 5) is 0. The molecule has 0 fully saturated rings. The molecular formula is C12H15N3. The summed E-state index contributed by atoms with van der Waals surface area (Å²) < 4.78 is 1.78. The summed E-state index contributed by atoms with van der Waals surface area (Å²) in [5.74, 6) is 0.573. The summed E-state index contributed by atoms with van der Waals surface area (Å²) in [5.41, 5.74) is 3.56. The Morgan fingerprint density at radius 2 is 1.80 bits per heavy atom. The van der Waals surface area contributed by atoms with Crippen LogP contribution in [0.2, 0.25) is 0 Å². The molecule has 0 atom stereocenters. The maximum atomic E-state index is 3.92. The molecule has 0 saturated heterocycles. The average Bonchev–Trinajstić information content (AvgIpc) is 2.65. The fraction of sp³-hybridized carbons (Fsp3) is 0.333. The van der Waals surface area contributed by atoms with Crippen LogP contribution >= 0.6 is 0 Å². The first kappa shape index (κ1) is 9.90. The van der Waals surface area contributed by atoms with Gasteiger partial charge in [-0.1, -0.05) is 43.3 Å². The van der Waals surface area contributed by atoms with Gasteiger partial charge in [-0.05, 0) is 11.5 Å². The molecule has 0 amide bonds. The van der Waals surface area contributed by atoms with Crippen molar-refractivity contribution >= 4 is 0 Å². The maximum Gasteiger partial charge on any atom is 0.0882 e. The molecule has 3 heteroatoms. The van der Waals surface area contributed by atoms with Gasteiger partial charge in [0.25, 0.3) is 0 Å². The molecule has 1 heterocycles. The number of benzene rings is 1. The summed E-state index contributed by atoms with van der Waals surface area (Å²) in [7, 11) is 1.90. The standard InChI is InChI=1S/C12H15N3/c1-9(2)10-4-6-11(7-5-10)12-8-13-14-15(12)3/h4-9H,1-3H3. The van der Waals surface area contributed by atoms with E-state index in [1.54, 1.807) is 10.9 Å². The first-order chi connectivity index (χ1) is 7.18. The van der Waals surface area contributed by atoms with E-state index in [9.17, 15) is 0 Å². The molecule has 15 heavy (non-hydrogen) atoms. The van der Waals surface area contributed by atoms with E-state index in [1.807, 2.05) is 7.05 Å². The van der Waals surface area contributed by atoms with Crippen LogP contribution in [0.1, 0.15) is 25.3 Å². The first-order valence-electron chi connectivity index (χ1n) is 5.13. The maximum absolute atomic E-state index is 3.92. The van der Waals surface area contributed by atoms with Crippen LogP contribution in [0, 0.1) is 0 Å². The molecule has 0 radical (unpaired) electrons. The quantitative estimate of drug-likeness (QED) is 0.747. The second-order valence-electron chi connectivity index (χ2n) is 4.02. The average molecular weight is 201 g/mol. The zero-order valence-electron chi connectivity index (χ0n) is 9.31. The SMILES string of the molecule is CC(C)c1ccc(-c2cnnn2C)cc1. The number of rotatable bonds is 2. The van der Waals surface area contributed by atoms with E-state index in [0.29, 0.717) is 5.92 Å². The van der Waals surface area contributed by atoms with E-state index in [-0.39, 0.29) is 0 Å². The minimum Gasteiger partial charge on any atom is -0.248 e. The van der Waals surface area contributed by atoms with E-state index in [4.69, 9.17) is 0 Å². The molecular weight excluding hydrogens is 186 g/mol. The number of hydrogen-bond acceptors (Lipinski definition) is 2. The van der Waals surface area contributed by atoms with Gasteiger partial charge in [0.1, 0.15) is 0 Å². The second kappa shape index (κ2) is 3.85. The van der Waals surface area contributed by atoms with Crippen molar-refractivity contribution < 1.29 is 0 Å². The number of hydrogen-bond donors (Lipinski definition) is 0. The van der Waals surface area contributed by atoms with Crippen molar-refractivity contribution in [3.8, 4) is 11.3 Å². The Balaban J connectivity index is 2.36. The largest absolute Gasteiger partial charge is 0.248 e. The van der Waals surface area contributed by atoms with Crippen LogP contribution < -0.4 is 0 Å². The van der Waals surface area contributed by atoms with Crippen molar-refractivity contribution in [1.82, 2.24) is 15.0 Å². The predicted octanol–water partition coefficient (Wildman–Crippen LogP) is 2.61. The highest BCUT2D eigenvalue weighted by atomic mass is 15.4. The van der Waals surface area contributed by atoms with Crippen molar-refractivity contribution in [3.63, 3.8) is 0 Å². The summed E-state index contributed by atoms with van der Waals surface area (Å²) in [6.07, 6.45) is 1.78. The Hall–Kier alpha value is -1.64. The van der Waals surface area contributed by atoms with Gasteiger partial charge in [0.15, 0.2) is 0 Å². The van der Waals surface area contributed by atoms with E-state index in [2.05, 4.69) is 48.4 Å². The zero-order valence-corrected chi connectivity index (χ0v) is 9.31. The van der Waals surface area contributed by atoms with Gasteiger partial charge in [-0.3, -0.25) is 0 Å². The van der Waals surface area contributed by atoms with Crippen LogP contribution in [0.15, 0.2) is 30.5 Å². The van der Waals surface area contributed by atoms with Crippen LogP contribution in [-0.4, -0.2) is 15.0 Å². The Morgan fingerprint density at radius 3 is 2.27 bits per heavy atom. The lowest BCUT2D eigenvalue weighted by atomic mass is 10.0. The Labute approximate surface area is 89.7 Å². The molecule has 0 bridgehead atoms. The van der Waals surface area contributed by atoms with E-state index in [0.717, 1.165) is 11.3 Å². The number of aromatic nitrogens is 3. The highest BCUT2D eigenvalue weighted by Gasteiger charge is 2.04. The van der Waals surface area contributed by atoms with Crippen LogP contribution in [0.25, 0.3) is 11.3 Å². The normalized spacial score (nSPS) is 10.9. The topological polar surface area (TPSA) is 30.7 Å². The lowest BCUT2D eigenvalue weighted by Gasteiger charge is -2.06. The fourth-order valence-electron chi connectivity index (χ4n) is 1.59. The van der Waals surface area contributed by atoms with E-state index >= 15 is 0 Å². The Kier molecular flexibility index (Phi) is 2.54. The molecule has 1 aromatic heterocycles. The molecule has 2 rings (SSSR count). The Morgan fingerprint density at radius 1 is 1.13 bits per heavy atom. The highest BCUT2D eigenvalue weighted by Crippen LogP contribution is 2.21. The smallest absolute Gasteiger partial charge is 0.0882 e. The molecule has 78 valence electrons. The zero-order chi connectivity index (χ0) is 10.8. The molecule has 0 N–H and O–H groups in total. The van der Waals surface area contributed by atoms with Crippen LogP contribution in [0.5, 0.6) is 0 Å². The lowest BCUT2D eigenvalue weighted by molar-refractivity contribution is 0.720. The fourth-order valence-corrected chi connectivity index (χ4v) is 1.59. The minimum absolute atomic E-state index is 0.573. The Bertz CT molecular complexity index is 440. The van der Waals surface area contributed by atoms with Crippen molar-refractivity contribution in [2.45, 2.75) is 19.8 Å². The van der Waals surface area contributed by atoms with Gasteiger partial charge < -0.3 is 0 Å². The lowest BCUT2D eigenvalue weighted by Crippen LogP contribution is -1.94. The van der Waals surface area contributed by atoms with Crippen molar-refractivity contribution in [2.24, 2.45) is 7.05 Å². The van der Waals surface area contributed by atoms with Crippen LogP contribution in [-0.2, 0) is 7.05 Å².